The van der Waals surface area contributed by atoms with Gasteiger partial charge in [0.2, 0.25) is 0 Å². The summed E-state index contributed by atoms with van der Waals surface area (Å²) in [6.07, 6.45) is 0. The van der Waals surface area contributed by atoms with Crippen molar-refractivity contribution in [3.8, 4) is 28.8 Å². The minimum atomic E-state index is -4.74. The molecule has 1 aromatic heterocycles. The second-order valence-corrected chi connectivity index (χ2v) is 13.1. The summed E-state index contributed by atoms with van der Waals surface area (Å²) in [6.45, 7) is 1.42. The van der Waals surface area contributed by atoms with Gasteiger partial charge in [0.15, 0.2) is 0 Å². The molecule has 7 rings (SSSR count). The monoisotopic (exact) mass is 857 g/mol. The van der Waals surface area contributed by atoms with Crippen LogP contribution in [0.3, 0.4) is 0 Å². The number of nitro benzene ring substituents is 1. The van der Waals surface area contributed by atoms with Crippen LogP contribution in [0.1, 0.15) is 5.69 Å². The predicted molar refractivity (Wildman–Crippen MR) is 197 cm³/mol. The summed E-state index contributed by atoms with van der Waals surface area (Å²) in [5.74, 6) is -1.99. The van der Waals surface area contributed by atoms with E-state index in [-0.39, 0.29) is 98.2 Å². The molecule has 0 amide bonds. The van der Waals surface area contributed by atoms with Gasteiger partial charge < -0.3 is 25.0 Å². The number of fused-ring (bicyclic) bond motifs is 1. The van der Waals surface area contributed by atoms with Gasteiger partial charge in [-0.1, -0.05) is 90.0 Å². The fraction of sp³-hybridized carbons (Fsp3) is 0.0263. The normalized spacial score (nSPS) is 11.3. The number of aromatic nitrogens is 2. The first-order valence-corrected chi connectivity index (χ1v) is 17.8. The Bertz CT molecular complexity index is 2840. The van der Waals surface area contributed by atoms with Crippen molar-refractivity contribution in [2.24, 2.45) is 30.7 Å². The molecule has 6 aromatic carbocycles. The van der Waals surface area contributed by atoms with Gasteiger partial charge in [0.25, 0.3) is 5.69 Å². The molecule has 0 atom stereocenters. The van der Waals surface area contributed by atoms with E-state index in [1.54, 1.807) is 18.2 Å². The Morgan fingerprint density at radius 2 is 1.24 bits per heavy atom. The molecule has 0 aliphatic rings. The van der Waals surface area contributed by atoms with E-state index in [0.717, 1.165) is 40.4 Å². The van der Waals surface area contributed by atoms with E-state index in [1.165, 1.54) is 37.3 Å². The van der Waals surface area contributed by atoms with Gasteiger partial charge in [-0.15, -0.1) is 5.11 Å². The van der Waals surface area contributed by atoms with Gasteiger partial charge in [0.1, 0.15) is 15.8 Å². The first-order chi connectivity index (χ1) is 27.3. The Balaban J connectivity index is 0.000000252. The molecule has 0 aliphatic carbocycles. The third kappa shape index (κ3) is 11.2. The van der Waals surface area contributed by atoms with Crippen molar-refractivity contribution in [3.05, 3.63) is 143 Å². The van der Waals surface area contributed by atoms with Gasteiger partial charge in [-0.05, 0) is 54.8 Å². The number of hydrogen-bond donors (Lipinski definition) is 0. The number of azo groups is 3. The summed E-state index contributed by atoms with van der Waals surface area (Å²) in [4.78, 5) is 9.55. The van der Waals surface area contributed by atoms with E-state index >= 15 is 0 Å². The number of rotatable bonds is 9. The van der Waals surface area contributed by atoms with Crippen LogP contribution in [0.25, 0.3) is 16.5 Å². The average molecular weight is 858 g/mol. The van der Waals surface area contributed by atoms with E-state index in [1.807, 2.05) is 48.5 Å². The second kappa shape index (κ2) is 19.9. The number of nitro groups is 1. The van der Waals surface area contributed by atoms with Gasteiger partial charge in [-0.25, -0.2) is 13.1 Å². The van der Waals surface area contributed by atoms with Crippen LogP contribution in [0.4, 0.5) is 39.8 Å². The van der Waals surface area contributed by atoms with Crippen molar-refractivity contribution < 1.29 is 85.2 Å². The summed E-state index contributed by atoms with van der Waals surface area (Å²) in [6, 6.07) is 31.8. The number of hydrogen-bond acceptors (Lipinski definition) is 16. The van der Waals surface area contributed by atoms with Crippen LogP contribution in [0.5, 0.6) is 23.1 Å². The second-order valence-electron chi connectivity index (χ2n) is 11.7. The Morgan fingerprint density at radius 1 is 0.627 bits per heavy atom. The zero-order chi connectivity index (χ0) is 40.7. The summed E-state index contributed by atoms with van der Waals surface area (Å²) in [5, 5.41) is 88.6. The predicted octanol–water partition coefficient (Wildman–Crippen LogP) is 4.37. The molecule has 289 valence electrons. The third-order valence-electron chi connectivity index (χ3n) is 7.85. The van der Waals surface area contributed by atoms with Crippen LogP contribution in [0, 0.1) is 17.0 Å². The van der Waals surface area contributed by atoms with Crippen LogP contribution in [-0.4, -0.2) is 27.7 Å². The van der Waals surface area contributed by atoms with Gasteiger partial charge >= 0.3 is 46.9 Å². The Kier molecular flexibility index (Phi) is 15.3. The van der Waals surface area contributed by atoms with Gasteiger partial charge in [-0.3, -0.25) is 10.1 Å². The molecule has 0 saturated heterocycles. The molecule has 7 aromatic rings. The summed E-state index contributed by atoms with van der Waals surface area (Å²) in [5.41, 5.74) is 0.607. The molecule has 0 bridgehead atoms. The standard InChI is InChI=1S/C22H16N4O2.C16H13N5O7S.Cr.Na/c27-20-13-11-17(24-23-16-7-2-1-3-8-16)14-19(20)25-26-22-18-9-5-4-6-15(18)10-12-21(22)28;1-9-15(18-17-13-8-11(21(24)25)5-6-14(13)22)16(23)20(19-9)10-3-2-4-12(7-10)29(26,27)28;;/h1-14,27-28H;2-8,22-23H,1H3,(H,26,27,28);;/q;;+3;+1/p-5. The first kappa shape index (κ1) is 45.3. The van der Waals surface area contributed by atoms with Crippen LogP contribution in [0.2, 0.25) is 0 Å². The molecule has 1 radical (unpaired) electrons. The number of non-ortho nitro benzene ring substituents is 1. The Labute approximate surface area is 367 Å². The fourth-order valence-corrected chi connectivity index (χ4v) is 5.57. The number of benzene rings is 6. The van der Waals surface area contributed by atoms with E-state index in [0.29, 0.717) is 16.8 Å². The molecule has 18 nitrogen and oxygen atoms in total. The van der Waals surface area contributed by atoms with Crippen molar-refractivity contribution in [1.82, 2.24) is 9.78 Å². The van der Waals surface area contributed by atoms with Crippen LogP contribution in [-0.2, 0) is 27.5 Å². The van der Waals surface area contributed by atoms with E-state index in [2.05, 4.69) is 35.8 Å². The maximum absolute atomic E-state index is 12.6. The quantitative estimate of drug-likeness (QED) is 0.0649. The Morgan fingerprint density at radius 3 is 1.93 bits per heavy atom. The van der Waals surface area contributed by atoms with E-state index in [9.17, 15) is 43.5 Å². The first-order valence-electron chi connectivity index (χ1n) is 16.4. The van der Waals surface area contributed by atoms with Crippen LogP contribution < -0.4 is 50.0 Å². The molecule has 0 N–H and O–H groups in total. The summed E-state index contributed by atoms with van der Waals surface area (Å²) in [7, 11) is -4.74. The SMILES string of the molecule is Cc1nn(-c2cccc(S(=O)(=O)[O-])c2)c([O-])c1N=Nc1cc([N+](=O)[O-])ccc1[O-].[Cr+3].[Na+].[O-]c1ccc(N=Nc2ccccc2)cc1N=Nc1c([O-])ccc2ccccc12. The van der Waals surface area contributed by atoms with Crippen LogP contribution in [0.15, 0.2) is 163 Å². The van der Waals surface area contributed by atoms with Crippen LogP contribution >= 0.6 is 0 Å². The minimum Gasteiger partial charge on any atom is -0.871 e. The molecule has 0 spiro atoms. The number of nitrogens with zero attached hydrogens (tertiary/aromatic N) is 9. The fourth-order valence-electron chi connectivity index (χ4n) is 5.06. The largest absolute Gasteiger partial charge is 3.00 e. The summed E-state index contributed by atoms with van der Waals surface area (Å²) >= 11 is 0. The van der Waals surface area contributed by atoms with Gasteiger partial charge in [0, 0.05) is 23.4 Å². The summed E-state index contributed by atoms with van der Waals surface area (Å²) < 4.78 is 34.3. The molecule has 0 saturated carbocycles. The number of aryl methyl sites for hydroxylation is 1. The minimum absolute atomic E-state index is 0. The van der Waals surface area contributed by atoms with Crippen molar-refractivity contribution in [3.63, 3.8) is 0 Å². The zero-order valence-electron chi connectivity index (χ0n) is 30.6. The molecule has 1 heterocycles. The third-order valence-corrected chi connectivity index (χ3v) is 8.68. The van der Waals surface area contributed by atoms with Crippen molar-refractivity contribution in [2.45, 2.75) is 11.8 Å². The topological polar surface area (TPSA) is 285 Å². The maximum Gasteiger partial charge on any atom is 3.00 e. The molecule has 0 fully saturated rings. The van der Waals surface area contributed by atoms with Crippen molar-refractivity contribution in [2.75, 3.05) is 0 Å². The molecule has 21 heteroatoms. The van der Waals surface area contributed by atoms with Gasteiger partial charge in [0.05, 0.1) is 49.6 Å². The van der Waals surface area contributed by atoms with E-state index in [4.69, 9.17) is 0 Å². The van der Waals surface area contributed by atoms with E-state index < -0.39 is 31.6 Å². The average Bonchev–Trinajstić information content (AvgIpc) is 3.49. The maximum atomic E-state index is 12.6. The zero-order valence-corrected chi connectivity index (χ0v) is 34.7. The van der Waals surface area contributed by atoms with Gasteiger partial charge in [-0.2, -0.15) is 30.7 Å². The van der Waals surface area contributed by atoms with Crippen molar-refractivity contribution in [1.29, 1.82) is 0 Å². The molecule has 0 unspecified atom stereocenters. The molecule has 0 aliphatic heterocycles. The molecular weight excluding hydrogens is 834 g/mol. The Hall–Kier alpha value is -6.37. The molecular formula is C38H24CrN9NaO9S-. The smallest absolute Gasteiger partial charge is 0.871 e. The molecule has 59 heavy (non-hydrogen) atoms. The van der Waals surface area contributed by atoms with Crippen molar-refractivity contribution >= 4 is 60.7 Å².